The van der Waals surface area contributed by atoms with Crippen molar-refractivity contribution in [1.29, 1.82) is 0 Å². The first kappa shape index (κ1) is 12.7. The molecule has 3 nitrogen and oxygen atoms in total. The summed E-state index contributed by atoms with van der Waals surface area (Å²) in [6.45, 7) is 0. The molecule has 1 aliphatic heterocycles. The minimum atomic E-state index is 0.0584. The first-order valence-corrected chi connectivity index (χ1v) is 8.15. The van der Waals surface area contributed by atoms with E-state index in [1.807, 2.05) is 7.05 Å². The lowest BCUT2D eigenvalue weighted by Gasteiger charge is -2.16. The predicted octanol–water partition coefficient (Wildman–Crippen LogP) is 3.01. The lowest BCUT2D eigenvalue weighted by Crippen LogP contribution is -2.32. The van der Waals surface area contributed by atoms with Gasteiger partial charge in [-0.1, -0.05) is 24.6 Å². The molecule has 18 heavy (non-hydrogen) atoms. The molecule has 0 radical (unpaired) electrons. The molecule has 3 rings (SSSR count). The number of hydrogen-bond acceptors (Lipinski definition) is 5. The zero-order valence-electron chi connectivity index (χ0n) is 10.6. The number of nitrogens with two attached hydrogens (primary N) is 1. The first-order chi connectivity index (χ1) is 8.74. The number of anilines is 1. The second-order valence-corrected chi connectivity index (χ2v) is 7.02. The van der Waals surface area contributed by atoms with Crippen LogP contribution in [0.4, 0.5) is 5.69 Å². The highest BCUT2D eigenvalue weighted by Crippen LogP contribution is 2.42. The molecule has 0 saturated heterocycles. The van der Waals surface area contributed by atoms with Gasteiger partial charge in [-0.3, -0.25) is 4.72 Å². The molecule has 1 fully saturated rings. The van der Waals surface area contributed by atoms with E-state index in [1.54, 1.807) is 23.7 Å². The Kier molecular flexibility index (Phi) is 3.75. The quantitative estimate of drug-likeness (QED) is 0.834. The number of nitrogens with zero attached hydrogens (tertiary/aromatic N) is 1. The molecule has 1 aromatic carbocycles. The highest BCUT2D eigenvalue weighted by Gasteiger charge is 2.24. The van der Waals surface area contributed by atoms with Crippen molar-refractivity contribution in [2.45, 2.75) is 47.0 Å². The van der Waals surface area contributed by atoms with E-state index in [0.29, 0.717) is 6.04 Å². The minimum Gasteiger partial charge on any atom is -0.349 e. The van der Waals surface area contributed by atoms with E-state index in [-0.39, 0.29) is 5.50 Å². The molecule has 1 atom stereocenters. The molecule has 1 saturated carbocycles. The summed E-state index contributed by atoms with van der Waals surface area (Å²) in [5.74, 6) is 0. The topological polar surface area (TPSA) is 41.3 Å². The molecular weight excluding hydrogens is 262 g/mol. The van der Waals surface area contributed by atoms with Gasteiger partial charge < -0.3 is 10.6 Å². The van der Waals surface area contributed by atoms with Crippen molar-refractivity contribution in [3.63, 3.8) is 0 Å². The third kappa shape index (κ3) is 2.50. The Bertz CT molecular complexity index is 432. The maximum atomic E-state index is 6.02. The van der Waals surface area contributed by atoms with Gasteiger partial charge in [0.2, 0.25) is 0 Å². The zero-order chi connectivity index (χ0) is 12.5. The molecule has 98 valence electrons. The van der Waals surface area contributed by atoms with Gasteiger partial charge in [-0.05, 0) is 43.0 Å². The Balaban J connectivity index is 1.66. The van der Waals surface area contributed by atoms with E-state index < -0.39 is 0 Å². The monoisotopic (exact) mass is 281 g/mol. The van der Waals surface area contributed by atoms with Crippen molar-refractivity contribution in [3.05, 3.63) is 18.2 Å². The van der Waals surface area contributed by atoms with Crippen LogP contribution in [0.25, 0.3) is 0 Å². The van der Waals surface area contributed by atoms with Crippen LogP contribution in [-0.2, 0) is 0 Å². The Morgan fingerprint density at radius 2 is 2.17 bits per heavy atom. The van der Waals surface area contributed by atoms with Gasteiger partial charge in [-0.15, -0.1) is 0 Å². The summed E-state index contributed by atoms with van der Waals surface area (Å²) in [5.41, 5.74) is 7.32. The smallest absolute Gasteiger partial charge is 0.130 e. The number of rotatable bonds is 3. The summed E-state index contributed by atoms with van der Waals surface area (Å²) < 4.78 is 3.57. The molecule has 1 aliphatic carbocycles. The molecular formula is C13H19N3S2. The normalized spacial score (nSPS) is 23.7. The summed E-state index contributed by atoms with van der Waals surface area (Å²) in [4.78, 5) is 4.71. The molecule has 5 heteroatoms. The molecule has 2 aliphatic rings. The van der Waals surface area contributed by atoms with Crippen LogP contribution in [0, 0.1) is 0 Å². The van der Waals surface area contributed by atoms with Crippen molar-refractivity contribution in [1.82, 2.24) is 4.72 Å². The summed E-state index contributed by atoms with van der Waals surface area (Å²) in [6.07, 6.45) is 5.39. The van der Waals surface area contributed by atoms with Crippen LogP contribution in [0.1, 0.15) is 25.7 Å². The Labute approximate surface area is 117 Å². The number of benzene rings is 1. The molecule has 1 unspecified atom stereocenters. The fraction of sp³-hybridized carbons (Fsp3) is 0.538. The van der Waals surface area contributed by atoms with E-state index in [0.717, 1.165) is 0 Å². The second-order valence-electron chi connectivity index (χ2n) is 4.95. The highest BCUT2D eigenvalue weighted by molar-refractivity contribution is 8.00. The van der Waals surface area contributed by atoms with Gasteiger partial charge in [0, 0.05) is 22.9 Å². The van der Waals surface area contributed by atoms with Crippen molar-refractivity contribution >= 4 is 29.4 Å². The standard InChI is InChI=1S/C13H19N3S2/c1-16-11-7-6-10(8-12(11)17-13(16)14)18-15-9-4-2-3-5-9/h6-9,13,15H,2-5,14H2,1H3. The number of fused-ring (bicyclic) bond motifs is 1. The maximum Gasteiger partial charge on any atom is 0.130 e. The van der Waals surface area contributed by atoms with Gasteiger partial charge in [0.25, 0.3) is 0 Å². The van der Waals surface area contributed by atoms with Gasteiger partial charge in [0.15, 0.2) is 0 Å². The third-order valence-corrected chi connectivity index (χ3v) is 5.72. The summed E-state index contributed by atoms with van der Waals surface area (Å²) in [6, 6.07) is 7.30. The average molecular weight is 281 g/mol. The lowest BCUT2D eigenvalue weighted by molar-refractivity contribution is 0.657. The van der Waals surface area contributed by atoms with E-state index >= 15 is 0 Å². The van der Waals surface area contributed by atoms with Crippen LogP contribution in [0.2, 0.25) is 0 Å². The lowest BCUT2D eigenvalue weighted by atomic mass is 10.3. The number of nitrogens with one attached hydrogen (secondary N) is 1. The Morgan fingerprint density at radius 3 is 2.94 bits per heavy atom. The molecule has 0 aromatic heterocycles. The van der Waals surface area contributed by atoms with Crippen LogP contribution < -0.4 is 15.4 Å². The van der Waals surface area contributed by atoms with Crippen LogP contribution >= 0.6 is 23.7 Å². The van der Waals surface area contributed by atoms with Gasteiger partial charge in [-0.25, -0.2) is 0 Å². The van der Waals surface area contributed by atoms with Crippen LogP contribution in [-0.4, -0.2) is 18.6 Å². The van der Waals surface area contributed by atoms with Crippen LogP contribution in [0.5, 0.6) is 0 Å². The Hall–Kier alpha value is -0.360. The SMILES string of the molecule is CN1c2ccc(SNC3CCCC3)cc2SC1N. The second kappa shape index (κ2) is 5.33. The Morgan fingerprint density at radius 1 is 1.39 bits per heavy atom. The summed E-state index contributed by atoms with van der Waals surface area (Å²) >= 11 is 3.50. The first-order valence-electron chi connectivity index (χ1n) is 6.45. The molecule has 1 heterocycles. The molecule has 1 aromatic rings. The van der Waals surface area contributed by atoms with Crippen molar-refractivity contribution < 1.29 is 0 Å². The van der Waals surface area contributed by atoms with Crippen molar-refractivity contribution in [2.75, 3.05) is 11.9 Å². The van der Waals surface area contributed by atoms with Gasteiger partial charge in [-0.2, -0.15) is 0 Å². The number of hydrogen-bond donors (Lipinski definition) is 2. The minimum absolute atomic E-state index is 0.0584. The van der Waals surface area contributed by atoms with E-state index in [1.165, 1.54) is 41.2 Å². The fourth-order valence-corrected chi connectivity index (χ4v) is 4.47. The van der Waals surface area contributed by atoms with E-state index in [4.69, 9.17) is 5.73 Å². The highest BCUT2D eigenvalue weighted by atomic mass is 32.2. The zero-order valence-corrected chi connectivity index (χ0v) is 12.2. The van der Waals surface area contributed by atoms with Crippen LogP contribution in [0.3, 0.4) is 0 Å². The van der Waals surface area contributed by atoms with Gasteiger partial charge in [0.1, 0.15) is 5.50 Å². The molecule has 0 spiro atoms. The van der Waals surface area contributed by atoms with E-state index in [9.17, 15) is 0 Å². The average Bonchev–Trinajstić information content (AvgIpc) is 2.97. The largest absolute Gasteiger partial charge is 0.349 e. The van der Waals surface area contributed by atoms with Crippen molar-refractivity contribution in [2.24, 2.45) is 5.73 Å². The van der Waals surface area contributed by atoms with Crippen molar-refractivity contribution in [3.8, 4) is 0 Å². The predicted molar refractivity (Wildman–Crippen MR) is 79.9 cm³/mol. The maximum absolute atomic E-state index is 6.02. The van der Waals surface area contributed by atoms with Crippen LogP contribution in [0.15, 0.2) is 28.0 Å². The molecule has 0 amide bonds. The summed E-state index contributed by atoms with van der Waals surface area (Å²) in [5, 5.41) is 0. The van der Waals surface area contributed by atoms with Gasteiger partial charge in [0.05, 0.1) is 5.69 Å². The number of thioether (sulfide) groups is 1. The fourth-order valence-electron chi connectivity index (χ4n) is 2.48. The van der Waals surface area contributed by atoms with Gasteiger partial charge >= 0.3 is 0 Å². The molecule has 3 N–H and O–H groups in total. The third-order valence-electron chi connectivity index (χ3n) is 3.64. The molecule has 0 bridgehead atoms. The van der Waals surface area contributed by atoms with E-state index in [2.05, 4.69) is 27.8 Å². The summed E-state index contributed by atoms with van der Waals surface area (Å²) in [7, 11) is 2.05.